The van der Waals surface area contributed by atoms with Crippen molar-refractivity contribution in [2.75, 3.05) is 29.5 Å². The number of rotatable bonds is 13. The average Bonchev–Trinajstić information content (AvgIpc) is 3.65. The summed E-state index contributed by atoms with van der Waals surface area (Å²) in [6.07, 6.45) is 5.29. The molecule has 2 bridgehead atoms. The van der Waals surface area contributed by atoms with Crippen molar-refractivity contribution >= 4 is 40.7 Å². The molecule has 0 aromatic heterocycles. The Morgan fingerprint density at radius 2 is 1.62 bits per heavy atom. The Balaban J connectivity index is 1.66. The van der Waals surface area contributed by atoms with Gasteiger partial charge in [0.25, 0.3) is 5.91 Å². The highest BCUT2D eigenvalue weighted by molar-refractivity contribution is 6.30. The summed E-state index contributed by atoms with van der Waals surface area (Å²) in [6.45, 7) is 13.9. The number of hydrogen-bond donors (Lipinski definition) is 1. The van der Waals surface area contributed by atoms with E-state index >= 15 is 0 Å². The molecule has 8 nitrogen and oxygen atoms in total. The third-order valence-corrected chi connectivity index (χ3v) is 10.1. The normalized spacial score (nSPS) is 27.4. The molecule has 0 saturated carbocycles. The van der Waals surface area contributed by atoms with Crippen LogP contribution >= 0.6 is 11.6 Å². The van der Waals surface area contributed by atoms with Crippen molar-refractivity contribution in [1.29, 1.82) is 0 Å². The van der Waals surface area contributed by atoms with Gasteiger partial charge in [0, 0.05) is 29.5 Å². The van der Waals surface area contributed by atoms with E-state index in [4.69, 9.17) is 16.3 Å². The van der Waals surface area contributed by atoms with Crippen molar-refractivity contribution in [2.45, 2.75) is 69.7 Å². The van der Waals surface area contributed by atoms with Crippen molar-refractivity contribution in [3.05, 3.63) is 84.9 Å². The van der Waals surface area contributed by atoms with Crippen molar-refractivity contribution in [3.8, 4) is 0 Å². The Kier molecular flexibility index (Phi) is 9.59. The lowest BCUT2D eigenvalue weighted by Crippen LogP contribution is -2.59. The van der Waals surface area contributed by atoms with Gasteiger partial charge in [-0.2, -0.15) is 0 Å². The summed E-state index contributed by atoms with van der Waals surface area (Å²) in [5, 5.41) is 11.2. The van der Waals surface area contributed by atoms with Gasteiger partial charge in [-0.1, -0.05) is 62.7 Å². The first kappa shape index (κ1) is 32.9. The van der Waals surface area contributed by atoms with E-state index in [1.54, 1.807) is 51.1 Å². The van der Waals surface area contributed by atoms with Crippen molar-refractivity contribution in [1.82, 2.24) is 4.90 Å². The zero-order chi connectivity index (χ0) is 32.5. The SMILES string of the molecule is C=CCN(C(=O)C1N([C@@H](CO)CC(C)C)C(=O)[C@@H]2[C@@H](C(=O)N(CC=C)c3ccccc3)[C@@]3(CC)CCC12O3)c1ccc(Cl)cc1. The van der Waals surface area contributed by atoms with Crippen LogP contribution in [0, 0.1) is 17.8 Å². The van der Waals surface area contributed by atoms with Crippen LogP contribution in [0.25, 0.3) is 0 Å². The lowest BCUT2D eigenvalue weighted by Gasteiger charge is -2.40. The molecule has 6 atom stereocenters. The van der Waals surface area contributed by atoms with Gasteiger partial charge in [0.15, 0.2) is 0 Å². The molecule has 0 aliphatic carbocycles. The summed E-state index contributed by atoms with van der Waals surface area (Å²) < 4.78 is 7.02. The van der Waals surface area contributed by atoms with E-state index in [2.05, 4.69) is 13.2 Å². The summed E-state index contributed by atoms with van der Waals surface area (Å²) in [4.78, 5) is 49.3. The van der Waals surface area contributed by atoms with Crippen molar-refractivity contribution < 1.29 is 24.2 Å². The summed E-state index contributed by atoms with van der Waals surface area (Å²) in [7, 11) is 0. The van der Waals surface area contributed by atoms with E-state index in [9.17, 15) is 19.5 Å². The summed E-state index contributed by atoms with van der Waals surface area (Å²) in [5.41, 5.74) is -0.843. The fourth-order valence-corrected chi connectivity index (χ4v) is 8.10. The number of likely N-dealkylation sites (tertiary alicyclic amines) is 1. The predicted octanol–water partition coefficient (Wildman–Crippen LogP) is 5.64. The molecular weight excluding hydrogens is 590 g/mol. The van der Waals surface area contributed by atoms with Crippen LogP contribution < -0.4 is 9.80 Å². The molecule has 3 saturated heterocycles. The molecule has 3 fully saturated rings. The van der Waals surface area contributed by atoms with Crippen LogP contribution in [0.15, 0.2) is 79.9 Å². The van der Waals surface area contributed by atoms with Crippen LogP contribution in [0.3, 0.4) is 0 Å². The smallest absolute Gasteiger partial charge is 0.253 e. The maximum Gasteiger partial charge on any atom is 0.253 e. The number of ether oxygens (including phenoxy) is 1. The number of nitrogens with zero attached hydrogens (tertiary/aromatic N) is 3. The molecule has 3 aliphatic rings. The minimum absolute atomic E-state index is 0.141. The number of carbonyl (C=O) groups is 3. The first-order valence-electron chi connectivity index (χ1n) is 15.9. The molecule has 1 N–H and O–H groups in total. The number of aliphatic hydroxyl groups is 1. The topological polar surface area (TPSA) is 90.4 Å². The molecule has 3 aliphatic heterocycles. The van der Waals surface area contributed by atoms with Gasteiger partial charge < -0.3 is 24.5 Å². The molecule has 9 heteroatoms. The minimum Gasteiger partial charge on any atom is -0.394 e. The van der Waals surface area contributed by atoms with Gasteiger partial charge in [0.2, 0.25) is 11.8 Å². The highest BCUT2D eigenvalue weighted by atomic mass is 35.5. The number of carbonyl (C=O) groups excluding carboxylic acids is 3. The molecule has 1 spiro atoms. The van der Waals surface area contributed by atoms with Crippen molar-refractivity contribution in [2.24, 2.45) is 17.8 Å². The number of para-hydroxylation sites is 1. The Labute approximate surface area is 271 Å². The van der Waals surface area contributed by atoms with Crippen LogP contribution in [-0.2, 0) is 19.1 Å². The maximum absolute atomic E-state index is 14.9. The van der Waals surface area contributed by atoms with E-state index in [1.807, 2.05) is 51.1 Å². The number of anilines is 2. The average molecular weight is 634 g/mol. The largest absolute Gasteiger partial charge is 0.394 e. The van der Waals surface area contributed by atoms with E-state index < -0.39 is 35.1 Å². The molecule has 3 heterocycles. The van der Waals surface area contributed by atoms with Crippen molar-refractivity contribution in [3.63, 3.8) is 0 Å². The van der Waals surface area contributed by atoms with Crippen LogP contribution in [0.2, 0.25) is 5.02 Å². The van der Waals surface area contributed by atoms with Crippen LogP contribution in [0.5, 0.6) is 0 Å². The lowest BCUT2D eigenvalue weighted by atomic mass is 9.64. The molecule has 45 heavy (non-hydrogen) atoms. The van der Waals surface area contributed by atoms with E-state index in [-0.39, 0.29) is 43.3 Å². The third kappa shape index (κ3) is 5.51. The van der Waals surface area contributed by atoms with Crippen LogP contribution in [-0.4, -0.2) is 70.7 Å². The fourth-order valence-electron chi connectivity index (χ4n) is 7.97. The van der Waals surface area contributed by atoms with Crippen LogP contribution in [0.1, 0.15) is 46.5 Å². The first-order chi connectivity index (χ1) is 21.6. The number of aliphatic hydroxyl groups excluding tert-OH is 1. The Morgan fingerprint density at radius 1 is 1.02 bits per heavy atom. The highest BCUT2D eigenvalue weighted by Crippen LogP contribution is 2.65. The predicted molar refractivity (Wildman–Crippen MR) is 177 cm³/mol. The Hall–Kier alpha value is -3.46. The van der Waals surface area contributed by atoms with Gasteiger partial charge in [0.05, 0.1) is 30.1 Å². The number of halogens is 1. The molecule has 5 rings (SSSR count). The second-order valence-electron chi connectivity index (χ2n) is 12.8. The first-order valence-corrected chi connectivity index (χ1v) is 16.2. The Morgan fingerprint density at radius 3 is 2.18 bits per heavy atom. The van der Waals surface area contributed by atoms with Gasteiger partial charge in [-0.05, 0) is 68.0 Å². The van der Waals surface area contributed by atoms with Gasteiger partial charge in [0.1, 0.15) is 11.6 Å². The molecule has 3 amide bonds. The summed E-state index contributed by atoms with van der Waals surface area (Å²) in [5.74, 6) is -2.43. The standard InChI is InChI=1S/C36H44ClN3O5/c1-6-20-38(26-12-10-9-11-13-26)32(42)29-30-33(43)40(28(23-41)22-24(4)5)31(36(30)19-18-35(29,8-3)45-36)34(44)39(21-7-2)27-16-14-25(37)15-17-27/h6-7,9-17,24,28-31,41H,1-2,8,18-23H2,3-5H3/t28-,29+,30+,31?,35-,36?/m1/s1. The Bertz CT molecular complexity index is 1430. The third-order valence-electron chi connectivity index (χ3n) is 9.83. The van der Waals surface area contributed by atoms with E-state index in [1.165, 1.54) is 0 Å². The van der Waals surface area contributed by atoms with E-state index in [0.29, 0.717) is 42.1 Å². The van der Waals surface area contributed by atoms with Gasteiger partial charge in [-0.3, -0.25) is 14.4 Å². The highest BCUT2D eigenvalue weighted by Gasteiger charge is 2.79. The zero-order valence-corrected chi connectivity index (χ0v) is 27.2. The number of hydrogen-bond acceptors (Lipinski definition) is 5. The van der Waals surface area contributed by atoms with Crippen LogP contribution in [0.4, 0.5) is 11.4 Å². The minimum atomic E-state index is -1.24. The zero-order valence-electron chi connectivity index (χ0n) is 26.4. The molecule has 2 aromatic rings. The van der Waals surface area contributed by atoms with Gasteiger partial charge in [-0.15, -0.1) is 13.2 Å². The molecule has 2 aromatic carbocycles. The summed E-state index contributed by atoms with van der Waals surface area (Å²) in [6, 6.07) is 14.6. The molecule has 0 radical (unpaired) electrons. The fraction of sp³-hybridized carbons (Fsp3) is 0.472. The second-order valence-corrected chi connectivity index (χ2v) is 13.3. The molecule has 2 unspecified atom stereocenters. The lowest BCUT2D eigenvalue weighted by molar-refractivity contribution is -0.149. The second kappa shape index (κ2) is 13.1. The number of amides is 3. The summed E-state index contributed by atoms with van der Waals surface area (Å²) >= 11 is 6.18. The van der Waals surface area contributed by atoms with Gasteiger partial charge >= 0.3 is 0 Å². The monoisotopic (exact) mass is 633 g/mol. The number of fused-ring (bicyclic) bond motifs is 1. The quantitative estimate of drug-likeness (QED) is 0.288. The molecular formula is C36H44ClN3O5. The van der Waals surface area contributed by atoms with Gasteiger partial charge in [-0.25, -0.2) is 0 Å². The maximum atomic E-state index is 14.9. The van der Waals surface area contributed by atoms with E-state index in [0.717, 1.165) is 0 Å². The number of benzene rings is 2. The molecule has 240 valence electrons.